The van der Waals surface area contributed by atoms with Crippen LogP contribution in [-0.4, -0.2) is 38.0 Å². The number of nitrogens with two attached hydrogens (primary N) is 1. The van der Waals surface area contributed by atoms with Gasteiger partial charge in [0, 0.05) is 11.8 Å². The molecule has 0 spiro atoms. The molecule has 94 valence electrons. The van der Waals surface area contributed by atoms with E-state index in [4.69, 9.17) is 15.2 Å². The second-order valence-electron chi connectivity index (χ2n) is 4.24. The van der Waals surface area contributed by atoms with Gasteiger partial charge in [-0.25, -0.2) is 4.98 Å². The van der Waals surface area contributed by atoms with Crippen LogP contribution >= 0.6 is 0 Å². The van der Waals surface area contributed by atoms with E-state index in [-0.39, 0.29) is 12.1 Å². The quantitative estimate of drug-likeness (QED) is 0.807. The van der Waals surface area contributed by atoms with Gasteiger partial charge in [0.25, 0.3) is 0 Å². The van der Waals surface area contributed by atoms with E-state index in [0.29, 0.717) is 25.6 Å². The van der Waals surface area contributed by atoms with E-state index in [1.807, 2.05) is 20.0 Å². The van der Waals surface area contributed by atoms with Gasteiger partial charge in [-0.15, -0.1) is 0 Å². The van der Waals surface area contributed by atoms with Crippen LogP contribution in [-0.2, 0) is 9.47 Å². The summed E-state index contributed by atoms with van der Waals surface area (Å²) in [7, 11) is 1.89. The average molecular weight is 237 g/mol. The Kier molecular flexibility index (Phi) is 3.93. The second-order valence-corrected chi connectivity index (χ2v) is 4.24. The first-order valence-corrected chi connectivity index (χ1v) is 5.81. The molecule has 1 aromatic rings. The summed E-state index contributed by atoms with van der Waals surface area (Å²) in [6, 6.07) is 2.06. The number of hydrogen-bond donors (Lipinski definition) is 2. The third-order valence-electron chi connectivity index (χ3n) is 2.95. The minimum atomic E-state index is -0.0142. The molecule has 1 fully saturated rings. The Morgan fingerprint density at radius 3 is 3.00 bits per heavy atom. The first-order chi connectivity index (χ1) is 8.22. The van der Waals surface area contributed by atoms with Crippen molar-refractivity contribution in [3.8, 4) is 0 Å². The monoisotopic (exact) mass is 237 g/mol. The fourth-order valence-electron chi connectivity index (χ4n) is 2.09. The van der Waals surface area contributed by atoms with Gasteiger partial charge in [-0.3, -0.25) is 0 Å². The number of nitrogens with zero attached hydrogens (tertiary/aromatic N) is 1. The molecule has 1 aliphatic heterocycles. The maximum atomic E-state index is 5.93. The fourth-order valence-corrected chi connectivity index (χ4v) is 2.09. The fraction of sp³-hybridized carbons (Fsp3) is 0.583. The predicted molar refractivity (Wildman–Crippen MR) is 65.7 cm³/mol. The Morgan fingerprint density at radius 1 is 1.53 bits per heavy atom. The molecule has 17 heavy (non-hydrogen) atoms. The number of nitrogens with one attached hydrogen (secondary N) is 1. The molecule has 5 nitrogen and oxygen atoms in total. The summed E-state index contributed by atoms with van der Waals surface area (Å²) in [5.74, 6) is 0.545. The molecule has 1 saturated heterocycles. The van der Waals surface area contributed by atoms with E-state index < -0.39 is 0 Å². The number of ether oxygens (including phenoxy) is 2. The molecule has 0 amide bonds. The smallest absolute Gasteiger partial charge is 0.128 e. The van der Waals surface area contributed by atoms with Crippen molar-refractivity contribution in [2.45, 2.75) is 19.1 Å². The van der Waals surface area contributed by atoms with Gasteiger partial charge < -0.3 is 20.5 Å². The van der Waals surface area contributed by atoms with Gasteiger partial charge in [0.2, 0.25) is 0 Å². The van der Waals surface area contributed by atoms with Crippen LogP contribution in [0, 0.1) is 6.92 Å². The summed E-state index contributed by atoms with van der Waals surface area (Å²) in [5.41, 5.74) is 7.99. The zero-order chi connectivity index (χ0) is 12.3. The zero-order valence-corrected chi connectivity index (χ0v) is 10.3. The molecule has 1 aromatic heterocycles. The molecular formula is C12H19N3O2. The van der Waals surface area contributed by atoms with E-state index >= 15 is 0 Å². The molecule has 5 heteroatoms. The minimum absolute atomic E-state index is 0.0142. The van der Waals surface area contributed by atoms with Crippen LogP contribution in [0.5, 0.6) is 0 Å². The van der Waals surface area contributed by atoms with Gasteiger partial charge in [-0.05, 0) is 25.6 Å². The molecule has 2 heterocycles. The van der Waals surface area contributed by atoms with E-state index in [2.05, 4.69) is 10.3 Å². The SMILES string of the molecule is CNC(c1cc(C)cnc1N)C1COCCO1. The third kappa shape index (κ3) is 2.74. The van der Waals surface area contributed by atoms with E-state index in [0.717, 1.165) is 11.1 Å². The van der Waals surface area contributed by atoms with Gasteiger partial charge in [-0.2, -0.15) is 0 Å². The highest BCUT2D eigenvalue weighted by atomic mass is 16.6. The van der Waals surface area contributed by atoms with Crippen molar-refractivity contribution in [2.24, 2.45) is 0 Å². The molecule has 2 unspecified atom stereocenters. The first-order valence-electron chi connectivity index (χ1n) is 5.81. The molecule has 1 aliphatic rings. The summed E-state index contributed by atoms with van der Waals surface area (Å²) in [4.78, 5) is 4.18. The highest BCUT2D eigenvalue weighted by Gasteiger charge is 2.27. The molecule has 2 atom stereocenters. The molecule has 2 rings (SSSR count). The lowest BCUT2D eigenvalue weighted by atomic mass is 10.0. The summed E-state index contributed by atoms with van der Waals surface area (Å²) in [5, 5.41) is 3.23. The number of aryl methyl sites for hydroxylation is 1. The van der Waals surface area contributed by atoms with Crippen molar-refractivity contribution in [2.75, 3.05) is 32.6 Å². The molecule has 3 N–H and O–H groups in total. The molecule has 0 aromatic carbocycles. The second kappa shape index (κ2) is 5.44. The normalized spacial score (nSPS) is 22.4. The van der Waals surface area contributed by atoms with Crippen LogP contribution in [0.4, 0.5) is 5.82 Å². The molecule has 0 bridgehead atoms. The van der Waals surface area contributed by atoms with Crippen LogP contribution in [0.2, 0.25) is 0 Å². The molecular weight excluding hydrogens is 218 g/mol. The number of hydrogen-bond acceptors (Lipinski definition) is 5. The Hall–Kier alpha value is -1.17. The first kappa shape index (κ1) is 12.3. The minimum Gasteiger partial charge on any atom is -0.383 e. The number of anilines is 1. The van der Waals surface area contributed by atoms with Crippen LogP contribution in [0.15, 0.2) is 12.3 Å². The lowest BCUT2D eigenvalue weighted by molar-refractivity contribution is -0.101. The number of aromatic nitrogens is 1. The highest BCUT2D eigenvalue weighted by Crippen LogP contribution is 2.25. The Labute approximate surface area is 101 Å². The van der Waals surface area contributed by atoms with Gasteiger partial charge in [0.05, 0.1) is 25.9 Å². The van der Waals surface area contributed by atoms with E-state index in [1.165, 1.54) is 0 Å². The molecule has 0 radical (unpaired) electrons. The largest absolute Gasteiger partial charge is 0.383 e. The lowest BCUT2D eigenvalue weighted by Gasteiger charge is -2.31. The zero-order valence-electron chi connectivity index (χ0n) is 10.3. The standard InChI is InChI=1S/C12H19N3O2/c1-8-5-9(12(13)15-6-8)11(14-2)10-7-16-3-4-17-10/h5-6,10-11,14H,3-4,7H2,1-2H3,(H2,13,15). The predicted octanol–water partition coefficient (Wildman–Crippen LogP) is 0.648. The number of nitrogen functional groups attached to an aromatic ring is 1. The van der Waals surface area contributed by atoms with Crippen molar-refractivity contribution in [1.29, 1.82) is 0 Å². The summed E-state index contributed by atoms with van der Waals surface area (Å²) in [6.07, 6.45) is 1.75. The molecule has 0 saturated carbocycles. The summed E-state index contributed by atoms with van der Waals surface area (Å²) in [6.45, 7) is 3.87. The van der Waals surface area contributed by atoms with Gasteiger partial charge >= 0.3 is 0 Å². The van der Waals surface area contributed by atoms with Gasteiger partial charge in [0.1, 0.15) is 11.9 Å². The Bertz CT molecular complexity index is 378. The van der Waals surface area contributed by atoms with Crippen LogP contribution in [0.25, 0.3) is 0 Å². The third-order valence-corrected chi connectivity index (χ3v) is 2.95. The summed E-state index contributed by atoms with van der Waals surface area (Å²) < 4.78 is 11.1. The van der Waals surface area contributed by atoms with Crippen molar-refractivity contribution in [3.63, 3.8) is 0 Å². The Balaban J connectivity index is 2.24. The summed E-state index contributed by atoms with van der Waals surface area (Å²) >= 11 is 0. The highest BCUT2D eigenvalue weighted by molar-refractivity contribution is 5.43. The van der Waals surface area contributed by atoms with Crippen LogP contribution in [0.3, 0.4) is 0 Å². The maximum Gasteiger partial charge on any atom is 0.128 e. The van der Waals surface area contributed by atoms with E-state index in [1.54, 1.807) is 6.20 Å². The number of rotatable bonds is 3. The number of pyridine rings is 1. The topological polar surface area (TPSA) is 69.4 Å². The Morgan fingerprint density at radius 2 is 2.35 bits per heavy atom. The van der Waals surface area contributed by atoms with Gasteiger partial charge in [-0.1, -0.05) is 0 Å². The average Bonchev–Trinajstić information content (AvgIpc) is 2.36. The van der Waals surface area contributed by atoms with Crippen molar-refractivity contribution >= 4 is 5.82 Å². The van der Waals surface area contributed by atoms with Crippen molar-refractivity contribution in [3.05, 3.63) is 23.4 Å². The molecule has 0 aliphatic carbocycles. The number of likely N-dealkylation sites (N-methyl/N-ethyl adjacent to an activating group) is 1. The van der Waals surface area contributed by atoms with Gasteiger partial charge in [0.15, 0.2) is 0 Å². The lowest BCUT2D eigenvalue weighted by Crippen LogP contribution is -2.39. The van der Waals surface area contributed by atoms with E-state index in [9.17, 15) is 0 Å². The van der Waals surface area contributed by atoms with Crippen LogP contribution < -0.4 is 11.1 Å². The van der Waals surface area contributed by atoms with Crippen molar-refractivity contribution in [1.82, 2.24) is 10.3 Å². The maximum absolute atomic E-state index is 5.93. The van der Waals surface area contributed by atoms with Crippen LogP contribution in [0.1, 0.15) is 17.2 Å². The van der Waals surface area contributed by atoms with Crippen molar-refractivity contribution < 1.29 is 9.47 Å².